The quantitative estimate of drug-likeness (QED) is 0.751. The average molecular weight is 409 g/mol. The molecular weight excluding hydrogens is 385 g/mol. The van der Waals surface area contributed by atoms with E-state index < -0.39 is 17.5 Å². The molecule has 1 aliphatic carbocycles. The van der Waals surface area contributed by atoms with Crippen molar-refractivity contribution in [3.63, 3.8) is 0 Å². The Labute approximate surface area is 174 Å². The molecule has 0 unspecified atom stereocenters. The third-order valence-electron chi connectivity index (χ3n) is 6.11. The molecule has 0 bridgehead atoms. The van der Waals surface area contributed by atoms with E-state index in [1.165, 1.54) is 12.1 Å². The molecule has 1 spiro atoms. The number of urea groups is 1. The molecule has 30 heavy (non-hydrogen) atoms. The number of nitrogens with one attached hydrogen (secondary N) is 2. The monoisotopic (exact) mass is 409 g/mol. The van der Waals surface area contributed by atoms with Gasteiger partial charge in [-0.3, -0.25) is 14.5 Å². The molecule has 2 fully saturated rings. The molecule has 6 nitrogen and oxygen atoms in total. The van der Waals surface area contributed by atoms with Crippen molar-refractivity contribution in [1.29, 1.82) is 0 Å². The second-order valence-electron chi connectivity index (χ2n) is 8.08. The molecule has 156 valence electrons. The number of anilines is 1. The SMILES string of the molecule is C[C@@H]1CCCC[C@]12NC(=O)N(CC(=O)Nc1cccc(-c3cccc(F)c3)c1)C2=O. The van der Waals surface area contributed by atoms with Gasteiger partial charge in [-0.25, -0.2) is 9.18 Å². The summed E-state index contributed by atoms with van der Waals surface area (Å²) in [6, 6.07) is 12.7. The van der Waals surface area contributed by atoms with Gasteiger partial charge in [-0.1, -0.05) is 44.0 Å². The number of benzene rings is 2. The molecule has 7 heteroatoms. The summed E-state index contributed by atoms with van der Waals surface area (Å²) in [6.45, 7) is 1.63. The summed E-state index contributed by atoms with van der Waals surface area (Å²) in [5, 5.41) is 5.58. The van der Waals surface area contributed by atoms with Crippen molar-refractivity contribution in [2.24, 2.45) is 5.92 Å². The number of hydrogen-bond donors (Lipinski definition) is 2. The summed E-state index contributed by atoms with van der Waals surface area (Å²) in [6.07, 6.45) is 3.39. The summed E-state index contributed by atoms with van der Waals surface area (Å²) in [7, 11) is 0. The maximum atomic E-state index is 13.5. The first kappa shape index (κ1) is 20.1. The molecular formula is C23H24FN3O3. The van der Waals surface area contributed by atoms with Gasteiger partial charge in [0.2, 0.25) is 5.91 Å². The van der Waals surface area contributed by atoms with Gasteiger partial charge in [0.05, 0.1) is 0 Å². The number of hydrogen-bond acceptors (Lipinski definition) is 3. The van der Waals surface area contributed by atoms with E-state index in [9.17, 15) is 18.8 Å². The zero-order chi connectivity index (χ0) is 21.3. The van der Waals surface area contributed by atoms with Crippen LogP contribution in [0.5, 0.6) is 0 Å². The fourth-order valence-corrected chi connectivity index (χ4v) is 4.43. The lowest BCUT2D eigenvalue weighted by atomic mass is 9.73. The minimum Gasteiger partial charge on any atom is -0.325 e. The molecule has 0 aromatic heterocycles. The fourth-order valence-electron chi connectivity index (χ4n) is 4.43. The molecule has 2 atom stereocenters. The zero-order valence-corrected chi connectivity index (χ0v) is 16.8. The lowest BCUT2D eigenvalue weighted by Gasteiger charge is -2.36. The summed E-state index contributed by atoms with van der Waals surface area (Å²) >= 11 is 0. The van der Waals surface area contributed by atoms with Gasteiger partial charge < -0.3 is 10.6 Å². The van der Waals surface area contributed by atoms with Gasteiger partial charge in [0.25, 0.3) is 5.91 Å². The lowest BCUT2D eigenvalue weighted by molar-refractivity contribution is -0.136. The van der Waals surface area contributed by atoms with Gasteiger partial charge in [0, 0.05) is 5.69 Å². The third kappa shape index (κ3) is 3.67. The first-order valence-electron chi connectivity index (χ1n) is 10.2. The van der Waals surface area contributed by atoms with Crippen LogP contribution in [0.25, 0.3) is 11.1 Å². The predicted molar refractivity (Wildman–Crippen MR) is 111 cm³/mol. The second-order valence-corrected chi connectivity index (χ2v) is 8.08. The Balaban J connectivity index is 1.46. The minimum atomic E-state index is -0.882. The lowest BCUT2D eigenvalue weighted by Crippen LogP contribution is -2.54. The summed E-state index contributed by atoms with van der Waals surface area (Å²) < 4.78 is 13.5. The van der Waals surface area contributed by atoms with Crippen molar-refractivity contribution in [1.82, 2.24) is 10.2 Å². The molecule has 1 aliphatic heterocycles. The second kappa shape index (κ2) is 7.89. The molecule has 2 N–H and O–H groups in total. The molecule has 0 radical (unpaired) electrons. The number of nitrogens with zero attached hydrogens (tertiary/aromatic N) is 1. The van der Waals surface area contributed by atoms with E-state index in [1.54, 1.807) is 30.3 Å². The van der Waals surface area contributed by atoms with Crippen LogP contribution in [-0.4, -0.2) is 34.8 Å². The van der Waals surface area contributed by atoms with Crippen LogP contribution in [0, 0.1) is 11.7 Å². The van der Waals surface area contributed by atoms with Crippen LogP contribution in [-0.2, 0) is 9.59 Å². The van der Waals surface area contributed by atoms with E-state index in [-0.39, 0.29) is 24.2 Å². The normalized spacial score (nSPS) is 23.5. The molecule has 1 saturated carbocycles. The molecule has 4 rings (SSSR count). The first-order valence-corrected chi connectivity index (χ1v) is 10.2. The van der Waals surface area contributed by atoms with Gasteiger partial charge in [-0.2, -0.15) is 0 Å². The molecule has 1 saturated heterocycles. The van der Waals surface area contributed by atoms with Crippen LogP contribution >= 0.6 is 0 Å². The van der Waals surface area contributed by atoms with Gasteiger partial charge in [-0.05, 0) is 54.2 Å². The standard InChI is InChI=1S/C23H24FN3O3/c1-15-6-2-3-11-23(15)21(29)27(22(30)26-23)14-20(28)25-19-10-5-8-17(13-19)16-7-4-9-18(24)12-16/h4-5,7-10,12-13,15H,2-3,6,11,14H2,1H3,(H,25,28)(H,26,30)/t15-,23+/m1/s1. The maximum absolute atomic E-state index is 13.5. The summed E-state index contributed by atoms with van der Waals surface area (Å²) in [5.41, 5.74) is 1.06. The van der Waals surface area contributed by atoms with Crippen LogP contribution in [0.1, 0.15) is 32.6 Å². The fraction of sp³-hybridized carbons (Fsp3) is 0.348. The average Bonchev–Trinajstić information content (AvgIpc) is 2.95. The molecule has 4 amide bonds. The van der Waals surface area contributed by atoms with Crippen molar-refractivity contribution in [2.75, 3.05) is 11.9 Å². The number of imide groups is 1. The Morgan fingerprint density at radius 1 is 1.17 bits per heavy atom. The van der Waals surface area contributed by atoms with Gasteiger partial charge >= 0.3 is 6.03 Å². The van der Waals surface area contributed by atoms with E-state index in [2.05, 4.69) is 10.6 Å². The number of amides is 4. The first-order chi connectivity index (χ1) is 14.4. The number of carbonyl (C=O) groups is 3. The largest absolute Gasteiger partial charge is 0.325 e. The number of carbonyl (C=O) groups excluding carboxylic acids is 3. The Kier molecular flexibility index (Phi) is 5.28. The van der Waals surface area contributed by atoms with Crippen LogP contribution in [0.2, 0.25) is 0 Å². The highest BCUT2D eigenvalue weighted by molar-refractivity contribution is 6.10. The molecule has 1 heterocycles. The van der Waals surface area contributed by atoms with Crippen LogP contribution in [0.4, 0.5) is 14.9 Å². The summed E-state index contributed by atoms with van der Waals surface area (Å²) in [4.78, 5) is 39.0. The Morgan fingerprint density at radius 2 is 1.90 bits per heavy atom. The topological polar surface area (TPSA) is 78.5 Å². The van der Waals surface area contributed by atoms with Crippen molar-refractivity contribution in [3.8, 4) is 11.1 Å². The molecule has 2 aromatic rings. The Bertz CT molecular complexity index is 1010. The van der Waals surface area contributed by atoms with Crippen molar-refractivity contribution >= 4 is 23.5 Å². The maximum Gasteiger partial charge on any atom is 0.325 e. The number of rotatable bonds is 4. The minimum absolute atomic E-state index is 0.0405. The van der Waals surface area contributed by atoms with Gasteiger partial charge in [0.1, 0.15) is 17.9 Å². The highest BCUT2D eigenvalue weighted by Gasteiger charge is 2.55. The Morgan fingerprint density at radius 3 is 2.63 bits per heavy atom. The van der Waals surface area contributed by atoms with E-state index in [4.69, 9.17) is 0 Å². The van der Waals surface area contributed by atoms with Gasteiger partial charge in [0.15, 0.2) is 0 Å². The van der Waals surface area contributed by atoms with Crippen molar-refractivity contribution in [2.45, 2.75) is 38.1 Å². The molecule has 2 aliphatic rings. The predicted octanol–water partition coefficient (Wildman–Crippen LogP) is 3.93. The van der Waals surface area contributed by atoms with Gasteiger partial charge in [-0.15, -0.1) is 0 Å². The smallest absolute Gasteiger partial charge is 0.325 e. The van der Waals surface area contributed by atoms with E-state index in [0.29, 0.717) is 17.7 Å². The zero-order valence-electron chi connectivity index (χ0n) is 16.8. The van der Waals surface area contributed by atoms with Crippen molar-refractivity contribution in [3.05, 3.63) is 54.3 Å². The van der Waals surface area contributed by atoms with Crippen LogP contribution in [0.3, 0.4) is 0 Å². The van der Waals surface area contributed by atoms with E-state index in [0.717, 1.165) is 29.7 Å². The van der Waals surface area contributed by atoms with E-state index >= 15 is 0 Å². The van der Waals surface area contributed by atoms with Crippen LogP contribution < -0.4 is 10.6 Å². The third-order valence-corrected chi connectivity index (χ3v) is 6.11. The van der Waals surface area contributed by atoms with Crippen LogP contribution in [0.15, 0.2) is 48.5 Å². The van der Waals surface area contributed by atoms with E-state index in [1.807, 2.05) is 13.0 Å². The van der Waals surface area contributed by atoms with Crippen molar-refractivity contribution < 1.29 is 18.8 Å². The molecule has 2 aromatic carbocycles. The highest BCUT2D eigenvalue weighted by atomic mass is 19.1. The summed E-state index contributed by atoms with van der Waals surface area (Å²) in [5.74, 6) is -1.08. The highest BCUT2D eigenvalue weighted by Crippen LogP contribution is 2.38. The Hall–Kier alpha value is -3.22. The number of halogens is 1.